The molecule has 3 aromatic rings. The Morgan fingerprint density at radius 2 is 2.03 bits per heavy atom. The summed E-state index contributed by atoms with van der Waals surface area (Å²) in [6.45, 7) is 3.30. The molecule has 1 aliphatic rings. The zero-order valence-corrected chi connectivity index (χ0v) is 17.1. The number of nitrogens with zero attached hydrogens (tertiary/aromatic N) is 3. The zero-order chi connectivity index (χ0) is 20.5. The number of para-hydroxylation sites is 1. The Labute approximate surface area is 171 Å². The van der Waals surface area contributed by atoms with E-state index in [0.29, 0.717) is 26.4 Å². The Balaban J connectivity index is 2.03. The lowest BCUT2D eigenvalue weighted by molar-refractivity contribution is -0.114. The first-order valence-electron chi connectivity index (χ1n) is 9.07. The van der Waals surface area contributed by atoms with Crippen molar-refractivity contribution in [1.82, 2.24) is 9.55 Å². The third kappa shape index (κ3) is 3.34. The van der Waals surface area contributed by atoms with Crippen molar-refractivity contribution in [3.63, 3.8) is 0 Å². The van der Waals surface area contributed by atoms with Gasteiger partial charge in [-0.05, 0) is 37.6 Å². The van der Waals surface area contributed by atoms with Crippen LogP contribution in [0.15, 0.2) is 69.8 Å². The monoisotopic (exact) mass is 405 g/mol. The van der Waals surface area contributed by atoms with Gasteiger partial charge < -0.3 is 4.74 Å². The van der Waals surface area contributed by atoms with Gasteiger partial charge in [0.25, 0.3) is 5.56 Å². The summed E-state index contributed by atoms with van der Waals surface area (Å²) in [4.78, 5) is 35.1. The molecule has 3 heterocycles. The lowest BCUT2D eigenvalue weighted by Gasteiger charge is -2.25. The van der Waals surface area contributed by atoms with Crippen LogP contribution in [0, 0.1) is 0 Å². The van der Waals surface area contributed by atoms with Crippen LogP contribution in [0.25, 0.3) is 6.08 Å². The number of hydrogen-bond donors (Lipinski definition) is 0. The smallest absolute Gasteiger partial charge is 0.271 e. The molecule has 6 nitrogen and oxygen atoms in total. The average Bonchev–Trinajstić information content (AvgIpc) is 3.02. The molecule has 0 N–H and O–H groups in total. The number of ether oxygens (including phenoxy) is 1. The van der Waals surface area contributed by atoms with E-state index in [0.717, 1.165) is 11.1 Å². The SMILES string of the molecule is COc1ccccc1[C@@H]1C(C(C)=O)=C(C)N=c2sc(=Cc3cccnc3)c(=O)n21. The average molecular weight is 405 g/mol. The van der Waals surface area contributed by atoms with Gasteiger partial charge in [0.15, 0.2) is 10.6 Å². The Kier molecular flexibility index (Phi) is 4.98. The molecule has 146 valence electrons. The highest BCUT2D eigenvalue weighted by molar-refractivity contribution is 7.07. The Morgan fingerprint density at radius 1 is 1.24 bits per heavy atom. The van der Waals surface area contributed by atoms with Crippen LogP contribution < -0.4 is 19.6 Å². The van der Waals surface area contributed by atoms with Crippen LogP contribution in [0.1, 0.15) is 31.0 Å². The van der Waals surface area contributed by atoms with Crippen LogP contribution >= 0.6 is 11.3 Å². The summed E-state index contributed by atoms with van der Waals surface area (Å²) >= 11 is 1.30. The van der Waals surface area contributed by atoms with Crippen LogP contribution in [0.3, 0.4) is 0 Å². The summed E-state index contributed by atoms with van der Waals surface area (Å²) in [7, 11) is 1.58. The highest BCUT2D eigenvalue weighted by atomic mass is 32.1. The minimum absolute atomic E-state index is 0.122. The van der Waals surface area contributed by atoms with Crippen LogP contribution in [0.5, 0.6) is 5.75 Å². The number of fused-ring (bicyclic) bond motifs is 1. The van der Waals surface area contributed by atoms with Crippen molar-refractivity contribution < 1.29 is 9.53 Å². The minimum Gasteiger partial charge on any atom is -0.496 e. The quantitative estimate of drug-likeness (QED) is 0.667. The van der Waals surface area contributed by atoms with Gasteiger partial charge in [0.2, 0.25) is 0 Å². The van der Waals surface area contributed by atoms with E-state index in [1.54, 1.807) is 37.1 Å². The van der Waals surface area contributed by atoms with E-state index in [4.69, 9.17) is 4.74 Å². The number of allylic oxidation sites excluding steroid dienone is 2. The first-order chi connectivity index (χ1) is 14.0. The number of carbonyl (C=O) groups is 1. The maximum Gasteiger partial charge on any atom is 0.271 e. The van der Waals surface area contributed by atoms with Crippen LogP contribution in [0.4, 0.5) is 0 Å². The van der Waals surface area contributed by atoms with Gasteiger partial charge in [-0.2, -0.15) is 0 Å². The summed E-state index contributed by atoms with van der Waals surface area (Å²) in [5, 5.41) is 0. The minimum atomic E-state index is -0.587. The van der Waals surface area contributed by atoms with Crippen molar-refractivity contribution >= 4 is 23.2 Å². The molecular formula is C22H19N3O3S. The number of methoxy groups -OCH3 is 1. The standard InChI is InChI=1S/C22H19N3O3S/c1-13-19(14(2)26)20(16-8-4-5-9-17(16)28-3)25-21(27)18(29-22(25)24-13)11-15-7-6-10-23-12-15/h4-12,20H,1-3H3/t20-/m1/s1. The predicted octanol–water partition coefficient (Wildman–Crippen LogP) is 2.23. The van der Waals surface area contributed by atoms with E-state index < -0.39 is 6.04 Å². The molecule has 0 amide bonds. The van der Waals surface area contributed by atoms with Gasteiger partial charge in [0.1, 0.15) is 5.75 Å². The molecule has 7 heteroatoms. The topological polar surface area (TPSA) is 73.6 Å². The van der Waals surface area contributed by atoms with Crippen molar-refractivity contribution in [2.45, 2.75) is 19.9 Å². The van der Waals surface area contributed by atoms with Crippen LogP contribution in [0.2, 0.25) is 0 Å². The predicted molar refractivity (Wildman–Crippen MR) is 112 cm³/mol. The highest BCUT2D eigenvalue weighted by Gasteiger charge is 2.32. The Hall–Kier alpha value is -3.32. The molecule has 0 saturated heterocycles. The molecule has 0 unspecified atom stereocenters. The Bertz CT molecular complexity index is 1300. The molecule has 0 spiro atoms. The summed E-state index contributed by atoms with van der Waals surface area (Å²) in [6, 6.07) is 10.6. The van der Waals surface area contributed by atoms with Crippen molar-refractivity contribution in [3.8, 4) is 5.75 Å². The van der Waals surface area contributed by atoms with Crippen molar-refractivity contribution in [2.24, 2.45) is 4.99 Å². The third-order valence-corrected chi connectivity index (χ3v) is 5.80. The van der Waals surface area contributed by atoms with Gasteiger partial charge in [0.05, 0.1) is 17.7 Å². The number of Topliss-reactive ketones (excluding diaryl/α,β-unsaturated/α-hetero) is 1. The molecule has 0 aliphatic carbocycles. The number of hydrogen-bond acceptors (Lipinski definition) is 6. The number of benzene rings is 1. The largest absolute Gasteiger partial charge is 0.496 e. The fraction of sp³-hybridized carbons (Fsp3) is 0.182. The van der Waals surface area contributed by atoms with Gasteiger partial charge in [-0.3, -0.25) is 19.1 Å². The van der Waals surface area contributed by atoms with Crippen molar-refractivity contribution in [1.29, 1.82) is 0 Å². The lowest BCUT2D eigenvalue weighted by atomic mass is 9.93. The molecule has 1 aromatic carbocycles. The first kappa shape index (κ1) is 19.0. The molecule has 0 fully saturated rings. The molecule has 1 aliphatic heterocycles. The van der Waals surface area contributed by atoms with Gasteiger partial charge in [0, 0.05) is 29.2 Å². The molecule has 1 atom stereocenters. The number of carbonyl (C=O) groups excluding carboxylic acids is 1. The van der Waals surface area contributed by atoms with Crippen LogP contribution in [-0.4, -0.2) is 22.4 Å². The molecule has 0 bridgehead atoms. The summed E-state index contributed by atoms with van der Waals surface area (Å²) in [5.74, 6) is 0.497. The third-order valence-electron chi connectivity index (χ3n) is 4.82. The van der Waals surface area contributed by atoms with Crippen molar-refractivity contribution in [3.05, 3.63) is 90.9 Å². The van der Waals surface area contributed by atoms with Gasteiger partial charge >= 0.3 is 0 Å². The number of rotatable bonds is 4. The van der Waals surface area contributed by atoms with E-state index in [1.807, 2.05) is 36.4 Å². The van der Waals surface area contributed by atoms with E-state index >= 15 is 0 Å². The molecule has 4 rings (SSSR count). The second-order valence-electron chi connectivity index (χ2n) is 6.67. The fourth-order valence-electron chi connectivity index (χ4n) is 3.57. The lowest BCUT2D eigenvalue weighted by Crippen LogP contribution is -2.39. The first-order valence-corrected chi connectivity index (χ1v) is 9.89. The maximum atomic E-state index is 13.4. The normalized spacial score (nSPS) is 16.4. The number of aromatic nitrogens is 2. The number of thiazole rings is 1. The van der Waals surface area contributed by atoms with Gasteiger partial charge in [-0.15, -0.1) is 0 Å². The second-order valence-corrected chi connectivity index (χ2v) is 7.68. The highest BCUT2D eigenvalue weighted by Crippen LogP contribution is 2.35. The zero-order valence-electron chi connectivity index (χ0n) is 16.2. The molecule has 2 aromatic heterocycles. The van der Waals surface area contributed by atoms with E-state index in [-0.39, 0.29) is 11.3 Å². The second kappa shape index (κ2) is 7.60. The van der Waals surface area contributed by atoms with Gasteiger partial charge in [-0.25, -0.2) is 4.99 Å². The van der Waals surface area contributed by atoms with E-state index in [1.165, 1.54) is 18.3 Å². The Morgan fingerprint density at radius 3 is 2.72 bits per heavy atom. The maximum absolute atomic E-state index is 13.4. The number of ketones is 1. The molecule has 0 radical (unpaired) electrons. The van der Waals surface area contributed by atoms with E-state index in [2.05, 4.69) is 9.98 Å². The molecule has 29 heavy (non-hydrogen) atoms. The summed E-state index contributed by atoms with van der Waals surface area (Å²) < 4.78 is 7.65. The van der Waals surface area contributed by atoms with E-state index in [9.17, 15) is 9.59 Å². The summed E-state index contributed by atoms with van der Waals surface area (Å²) in [5.41, 5.74) is 2.50. The summed E-state index contributed by atoms with van der Waals surface area (Å²) in [6.07, 6.45) is 5.17. The van der Waals surface area contributed by atoms with Crippen LogP contribution in [-0.2, 0) is 4.79 Å². The fourth-order valence-corrected chi connectivity index (χ4v) is 4.62. The van der Waals surface area contributed by atoms with Gasteiger partial charge in [-0.1, -0.05) is 35.6 Å². The molecular weight excluding hydrogens is 386 g/mol. The van der Waals surface area contributed by atoms with Crippen molar-refractivity contribution in [2.75, 3.05) is 7.11 Å². The number of pyridine rings is 1. The molecule has 0 saturated carbocycles.